The van der Waals surface area contributed by atoms with Crippen LogP contribution in [0.25, 0.3) is 11.1 Å². The third-order valence-electron chi connectivity index (χ3n) is 6.36. The molecule has 3 aromatic carbocycles. The molecule has 2 heterocycles. The maximum absolute atomic E-state index is 14.4. The SMILES string of the molecule is O=S(=O)(c1ccccc1)N1CC[C@@H]2[C@H]1c1cc(-c3ccccc3F)ccc1N[C@@H]2CO. The van der Waals surface area contributed by atoms with E-state index in [0.29, 0.717) is 24.1 Å². The quantitative estimate of drug-likeness (QED) is 0.645. The summed E-state index contributed by atoms with van der Waals surface area (Å²) in [4.78, 5) is 0.251. The van der Waals surface area contributed by atoms with E-state index in [9.17, 15) is 17.9 Å². The summed E-state index contributed by atoms with van der Waals surface area (Å²) in [5, 5.41) is 13.3. The Bertz CT molecular complexity index is 1220. The third kappa shape index (κ3) is 3.33. The Balaban J connectivity index is 1.64. The molecule has 31 heavy (non-hydrogen) atoms. The monoisotopic (exact) mass is 438 g/mol. The molecule has 0 saturated carbocycles. The molecule has 0 aromatic heterocycles. The minimum absolute atomic E-state index is 0.0770. The summed E-state index contributed by atoms with van der Waals surface area (Å²) in [7, 11) is -3.72. The Morgan fingerprint density at radius 2 is 1.77 bits per heavy atom. The standard InChI is InChI=1S/C24H23FN2O3S/c25-21-9-5-4-8-18(21)16-10-11-22-20(14-16)24-19(23(15-28)26-22)12-13-27(24)31(29,30)17-6-2-1-3-7-17/h1-11,14,19,23-24,26,28H,12-13,15H2/t19-,23+,24-/m0/s1. The van der Waals surface area contributed by atoms with Gasteiger partial charge in [-0.2, -0.15) is 4.31 Å². The lowest BCUT2D eigenvalue weighted by atomic mass is 9.82. The molecule has 1 saturated heterocycles. The highest BCUT2D eigenvalue weighted by Crippen LogP contribution is 2.49. The molecule has 5 nitrogen and oxygen atoms in total. The minimum atomic E-state index is -3.72. The van der Waals surface area contributed by atoms with Gasteiger partial charge in [0.25, 0.3) is 0 Å². The second kappa shape index (κ2) is 7.75. The Kier molecular flexibility index (Phi) is 5.04. The zero-order valence-electron chi connectivity index (χ0n) is 16.8. The number of anilines is 1. The molecule has 5 rings (SSSR count). The summed E-state index contributed by atoms with van der Waals surface area (Å²) in [6.45, 7) is 0.281. The van der Waals surface area contributed by atoms with E-state index in [4.69, 9.17) is 0 Å². The highest BCUT2D eigenvalue weighted by Gasteiger charge is 2.48. The Morgan fingerprint density at radius 3 is 2.52 bits per heavy atom. The van der Waals surface area contributed by atoms with Crippen molar-refractivity contribution < 1.29 is 17.9 Å². The van der Waals surface area contributed by atoms with Crippen LogP contribution in [0.5, 0.6) is 0 Å². The molecule has 2 N–H and O–H groups in total. The van der Waals surface area contributed by atoms with Crippen LogP contribution in [0.1, 0.15) is 18.0 Å². The molecule has 0 aliphatic carbocycles. The molecule has 7 heteroatoms. The number of nitrogens with zero attached hydrogens (tertiary/aromatic N) is 1. The lowest BCUT2D eigenvalue weighted by Gasteiger charge is -2.39. The molecule has 0 amide bonds. The number of hydrogen-bond acceptors (Lipinski definition) is 4. The van der Waals surface area contributed by atoms with Crippen molar-refractivity contribution in [3.63, 3.8) is 0 Å². The Labute approximate surface area is 181 Å². The summed E-state index contributed by atoms with van der Waals surface area (Å²) in [5.41, 5.74) is 2.76. The van der Waals surface area contributed by atoms with Crippen molar-refractivity contribution in [2.75, 3.05) is 18.5 Å². The summed E-state index contributed by atoms with van der Waals surface area (Å²) in [5.74, 6) is -0.400. The van der Waals surface area contributed by atoms with Crippen LogP contribution >= 0.6 is 0 Å². The van der Waals surface area contributed by atoms with E-state index >= 15 is 0 Å². The molecule has 0 bridgehead atoms. The summed E-state index contributed by atoms with van der Waals surface area (Å²) < 4.78 is 42.9. The van der Waals surface area contributed by atoms with Crippen molar-refractivity contribution in [1.82, 2.24) is 4.31 Å². The largest absolute Gasteiger partial charge is 0.394 e. The lowest BCUT2D eigenvalue weighted by molar-refractivity contribution is 0.210. The number of hydrogen-bond donors (Lipinski definition) is 2. The van der Waals surface area contributed by atoms with Crippen LogP contribution in [0.3, 0.4) is 0 Å². The van der Waals surface area contributed by atoms with Crippen LogP contribution in [0.15, 0.2) is 77.7 Å². The second-order valence-electron chi connectivity index (χ2n) is 8.04. The molecule has 3 atom stereocenters. The Morgan fingerprint density at radius 1 is 1.03 bits per heavy atom. The van der Waals surface area contributed by atoms with E-state index in [1.807, 2.05) is 18.2 Å². The van der Waals surface area contributed by atoms with E-state index in [1.165, 1.54) is 6.07 Å². The smallest absolute Gasteiger partial charge is 0.243 e. The van der Waals surface area contributed by atoms with Crippen LogP contribution in [-0.4, -0.2) is 37.0 Å². The van der Waals surface area contributed by atoms with Gasteiger partial charge >= 0.3 is 0 Å². The van der Waals surface area contributed by atoms with Gasteiger partial charge in [0, 0.05) is 23.7 Å². The summed E-state index contributed by atoms with van der Waals surface area (Å²) in [6.07, 6.45) is 0.637. The number of aliphatic hydroxyl groups excluding tert-OH is 1. The maximum atomic E-state index is 14.4. The number of sulfonamides is 1. The second-order valence-corrected chi connectivity index (χ2v) is 9.93. The van der Waals surface area contributed by atoms with Gasteiger partial charge in [-0.25, -0.2) is 12.8 Å². The van der Waals surface area contributed by atoms with Crippen molar-refractivity contribution in [3.8, 4) is 11.1 Å². The first-order valence-electron chi connectivity index (χ1n) is 10.3. The minimum Gasteiger partial charge on any atom is -0.394 e. The van der Waals surface area contributed by atoms with Crippen molar-refractivity contribution in [2.45, 2.75) is 23.4 Å². The first-order chi connectivity index (χ1) is 15.0. The van der Waals surface area contributed by atoms with E-state index in [-0.39, 0.29) is 29.3 Å². The average molecular weight is 439 g/mol. The van der Waals surface area contributed by atoms with Gasteiger partial charge in [-0.05, 0) is 47.9 Å². The highest BCUT2D eigenvalue weighted by molar-refractivity contribution is 7.89. The fraction of sp³-hybridized carbons (Fsp3) is 0.250. The van der Waals surface area contributed by atoms with E-state index in [1.54, 1.807) is 52.8 Å². The molecular weight excluding hydrogens is 415 g/mol. The van der Waals surface area contributed by atoms with Gasteiger partial charge in [0.2, 0.25) is 10.0 Å². The molecule has 0 unspecified atom stereocenters. The van der Waals surface area contributed by atoms with E-state index in [0.717, 1.165) is 11.3 Å². The fourth-order valence-electron chi connectivity index (χ4n) is 4.88. The van der Waals surface area contributed by atoms with Crippen molar-refractivity contribution in [3.05, 3.63) is 84.2 Å². The van der Waals surface area contributed by atoms with E-state index < -0.39 is 16.1 Å². The number of nitrogens with one attached hydrogen (secondary N) is 1. The van der Waals surface area contributed by atoms with Gasteiger partial charge < -0.3 is 10.4 Å². The first kappa shape index (κ1) is 20.2. The van der Waals surface area contributed by atoms with Gasteiger partial charge in [0.05, 0.1) is 23.6 Å². The first-order valence-corrected chi connectivity index (χ1v) is 11.8. The van der Waals surface area contributed by atoms with Crippen LogP contribution in [0.4, 0.5) is 10.1 Å². The summed E-state index contributed by atoms with van der Waals surface area (Å²) >= 11 is 0. The number of halogens is 1. The fourth-order valence-corrected chi connectivity index (χ4v) is 6.57. The lowest BCUT2D eigenvalue weighted by Crippen LogP contribution is -2.42. The molecule has 0 radical (unpaired) electrons. The molecule has 0 spiro atoms. The van der Waals surface area contributed by atoms with Gasteiger partial charge in [-0.3, -0.25) is 0 Å². The van der Waals surface area contributed by atoms with Crippen molar-refractivity contribution in [2.24, 2.45) is 5.92 Å². The number of benzene rings is 3. The average Bonchev–Trinajstić information content (AvgIpc) is 3.26. The molecule has 2 aliphatic heterocycles. The predicted molar refractivity (Wildman–Crippen MR) is 118 cm³/mol. The number of rotatable bonds is 4. The molecule has 2 aliphatic rings. The molecule has 3 aromatic rings. The van der Waals surface area contributed by atoms with Gasteiger partial charge in [-0.1, -0.05) is 42.5 Å². The topological polar surface area (TPSA) is 69.6 Å². The highest BCUT2D eigenvalue weighted by atomic mass is 32.2. The van der Waals surface area contributed by atoms with Crippen LogP contribution in [0, 0.1) is 11.7 Å². The summed E-state index contributed by atoms with van der Waals surface area (Å²) in [6, 6.07) is 19.9. The molecule has 1 fully saturated rings. The van der Waals surface area contributed by atoms with Crippen molar-refractivity contribution in [1.29, 1.82) is 0 Å². The zero-order valence-corrected chi connectivity index (χ0v) is 17.6. The van der Waals surface area contributed by atoms with Crippen molar-refractivity contribution >= 4 is 15.7 Å². The van der Waals surface area contributed by atoms with E-state index in [2.05, 4.69) is 5.32 Å². The van der Waals surface area contributed by atoms with Gasteiger partial charge in [0.15, 0.2) is 0 Å². The zero-order chi connectivity index (χ0) is 21.6. The van der Waals surface area contributed by atoms with Crippen LogP contribution < -0.4 is 5.32 Å². The molecule has 160 valence electrons. The Hall–Kier alpha value is -2.74. The molecular formula is C24H23FN2O3S. The maximum Gasteiger partial charge on any atom is 0.243 e. The van der Waals surface area contributed by atoms with Gasteiger partial charge in [0.1, 0.15) is 5.82 Å². The number of fused-ring (bicyclic) bond motifs is 3. The number of aliphatic hydroxyl groups is 1. The third-order valence-corrected chi connectivity index (χ3v) is 8.25. The van der Waals surface area contributed by atoms with Gasteiger partial charge in [-0.15, -0.1) is 0 Å². The normalized spacial score (nSPS) is 23.1. The predicted octanol–water partition coefficient (Wildman–Crippen LogP) is 4.03. The van der Waals surface area contributed by atoms with Crippen LogP contribution in [-0.2, 0) is 10.0 Å². The van der Waals surface area contributed by atoms with Crippen LogP contribution in [0.2, 0.25) is 0 Å².